The lowest BCUT2D eigenvalue weighted by atomic mass is 9.78. The van der Waals surface area contributed by atoms with Crippen molar-refractivity contribution < 1.29 is 27.9 Å². The number of hydrogen-bond acceptors (Lipinski definition) is 11. The average Bonchev–Trinajstić information content (AvgIpc) is 3.47. The number of nitrogens with two attached hydrogens (primary N) is 1. The number of nitriles is 3. The molecule has 11 nitrogen and oxygen atoms in total. The third kappa shape index (κ3) is 16.4. The van der Waals surface area contributed by atoms with Gasteiger partial charge in [0.15, 0.2) is 0 Å². The van der Waals surface area contributed by atoms with Gasteiger partial charge in [0, 0.05) is 66.7 Å². The zero-order valence-corrected chi connectivity index (χ0v) is 38.6. The minimum absolute atomic E-state index is 0.0642. The Hall–Kier alpha value is -3.06. The second kappa shape index (κ2) is 25.7. The summed E-state index contributed by atoms with van der Waals surface area (Å²) in [5, 5.41) is 33.8. The fraction of sp³-hybridized carbons (Fsp3) is 0.500. The van der Waals surface area contributed by atoms with Crippen LogP contribution in [0.3, 0.4) is 0 Å². The monoisotopic (exact) mass is 954 g/mol. The van der Waals surface area contributed by atoms with E-state index in [1.54, 1.807) is 12.1 Å². The van der Waals surface area contributed by atoms with Crippen molar-refractivity contribution in [2.75, 3.05) is 50.3 Å². The molecule has 0 aromatic heterocycles. The molecule has 59 heavy (non-hydrogen) atoms. The molecule has 4 aliphatic rings. The summed E-state index contributed by atoms with van der Waals surface area (Å²) in [6.45, 7) is 13.0. The smallest absolute Gasteiger partial charge is 0.399 e. The fourth-order valence-corrected chi connectivity index (χ4v) is 6.79. The predicted molar refractivity (Wildman–Crippen MR) is 244 cm³/mol. The number of ether oxygens (including phenoxy) is 3. The van der Waals surface area contributed by atoms with Crippen LogP contribution in [0.4, 0.5) is 15.8 Å². The summed E-state index contributed by atoms with van der Waals surface area (Å²) in [6, 6.07) is 23.2. The van der Waals surface area contributed by atoms with Gasteiger partial charge in [-0.25, -0.2) is 4.39 Å². The highest BCUT2D eigenvalue weighted by molar-refractivity contribution is 9.10. The molecular formula is C42H55B2Br2FN6O5P. The van der Waals surface area contributed by atoms with Crippen LogP contribution in [0.2, 0.25) is 0 Å². The normalized spacial score (nSPS) is 18.7. The van der Waals surface area contributed by atoms with Crippen LogP contribution in [0.25, 0.3) is 0 Å². The van der Waals surface area contributed by atoms with Crippen LogP contribution in [0.5, 0.6) is 0 Å². The van der Waals surface area contributed by atoms with Crippen molar-refractivity contribution in [1.29, 1.82) is 17.1 Å². The van der Waals surface area contributed by atoms with Crippen LogP contribution in [-0.2, 0) is 23.5 Å². The predicted octanol–water partition coefficient (Wildman–Crippen LogP) is 7.62. The second-order valence-corrected chi connectivity index (χ2v) is 16.9. The van der Waals surface area contributed by atoms with Gasteiger partial charge in [0.2, 0.25) is 0 Å². The van der Waals surface area contributed by atoms with E-state index in [0.29, 0.717) is 33.7 Å². The molecule has 0 saturated carbocycles. The van der Waals surface area contributed by atoms with E-state index in [4.69, 9.17) is 41.1 Å². The SMILES string of the molecule is CC1(C)OB(c2ccc(NC3CCOCC3)c(C#N)c2)OC1(C)C.N#Cc1cc(Br)ccc1F.N#Cc1cc(Br)ccc1NC1CCOCC1.NC1CCOCC1.[2H][B]P. The lowest BCUT2D eigenvalue weighted by molar-refractivity contribution is 0.00578. The zero-order valence-electron chi connectivity index (χ0n) is 35.2. The molecule has 0 aliphatic carbocycles. The largest absolute Gasteiger partial charge is 0.494 e. The number of anilines is 2. The summed E-state index contributed by atoms with van der Waals surface area (Å²) >= 11 is 6.48. The number of hydrogen-bond donors (Lipinski definition) is 3. The van der Waals surface area contributed by atoms with E-state index >= 15 is 0 Å². The van der Waals surface area contributed by atoms with Gasteiger partial charge in [-0.2, -0.15) is 24.9 Å². The highest BCUT2D eigenvalue weighted by Crippen LogP contribution is 2.36. The third-order valence-corrected chi connectivity index (χ3v) is 11.3. The molecule has 0 amide bonds. The topological polar surface area (TPSA) is 168 Å². The van der Waals surface area contributed by atoms with Crippen LogP contribution < -0.4 is 21.8 Å². The van der Waals surface area contributed by atoms with E-state index in [0.717, 1.165) is 99.5 Å². The average molecular weight is 956 g/mol. The van der Waals surface area contributed by atoms with Crippen molar-refractivity contribution in [3.05, 3.63) is 86.1 Å². The fourth-order valence-electron chi connectivity index (χ4n) is 6.06. The molecule has 1 radical (unpaired) electrons. The molecule has 4 aliphatic heterocycles. The Balaban J connectivity index is 0.000000229. The summed E-state index contributed by atoms with van der Waals surface area (Å²) in [5.41, 5.74) is 8.81. The third-order valence-electron chi connectivity index (χ3n) is 10.3. The van der Waals surface area contributed by atoms with Crippen LogP contribution in [0.15, 0.2) is 63.5 Å². The van der Waals surface area contributed by atoms with Gasteiger partial charge in [0.25, 0.3) is 0 Å². The molecule has 315 valence electrons. The highest BCUT2D eigenvalue weighted by atomic mass is 79.9. The Labute approximate surface area is 371 Å². The maximum absolute atomic E-state index is 12.5. The van der Waals surface area contributed by atoms with E-state index in [9.17, 15) is 9.65 Å². The molecule has 0 spiro atoms. The van der Waals surface area contributed by atoms with Crippen molar-refractivity contribution in [3.63, 3.8) is 0 Å². The van der Waals surface area contributed by atoms with E-state index in [1.807, 2.05) is 64.1 Å². The number of nitrogens with zero attached hydrogens (tertiary/aromatic N) is 3. The van der Waals surface area contributed by atoms with Gasteiger partial charge < -0.3 is 39.9 Å². The van der Waals surface area contributed by atoms with Crippen molar-refractivity contribution in [1.82, 2.24) is 0 Å². The number of nitrogens with one attached hydrogen (secondary N) is 2. The quantitative estimate of drug-likeness (QED) is 0.170. The summed E-state index contributed by atoms with van der Waals surface area (Å²) in [5.74, 6) is -0.481. The van der Waals surface area contributed by atoms with Gasteiger partial charge in [0.1, 0.15) is 31.6 Å². The number of rotatable bonds is 5. The first kappa shape index (κ1) is 48.6. The Morgan fingerprint density at radius 3 is 1.51 bits per heavy atom. The molecule has 1 unspecified atom stereocenters. The lowest BCUT2D eigenvalue weighted by Crippen LogP contribution is -2.41. The zero-order chi connectivity index (χ0) is 44.1. The Morgan fingerprint density at radius 1 is 0.712 bits per heavy atom. The standard InChI is InChI=1S/C18H25BN2O3.C12H13BrN2O.C7H3BrFN.C5H11NO.BH3P/c1-17(2)18(3,4)24-19(23-17)14-5-6-16(13(11-14)12-20)21-15-7-9-22-10-8-15;13-10-1-2-12(9(7-10)8-14)15-11-3-5-16-6-4-11;8-6-1-2-7(9)5(3-6)4-10;6-5-1-3-7-4-2-5;1-2/h5-6,11,15,21H,7-10H2,1-4H3;1-2,7,11,15H,3-6H2;1-3H;5H,1-4,6H2;1H,2H2/i;;;;1D. The first-order valence-corrected chi connectivity index (χ1v) is 21.8. The van der Waals surface area contributed by atoms with Crippen molar-refractivity contribution in [2.24, 2.45) is 5.73 Å². The van der Waals surface area contributed by atoms with E-state index in [-0.39, 0.29) is 16.8 Å². The van der Waals surface area contributed by atoms with Crippen molar-refractivity contribution >= 4 is 72.5 Å². The minimum Gasteiger partial charge on any atom is -0.399 e. The molecule has 7 rings (SSSR count). The second-order valence-electron chi connectivity index (χ2n) is 15.1. The van der Waals surface area contributed by atoms with Crippen LogP contribution in [-0.4, -0.2) is 85.0 Å². The number of halogens is 3. The number of benzene rings is 3. The molecule has 4 saturated heterocycles. The summed E-state index contributed by atoms with van der Waals surface area (Å²) in [6.07, 6.45) is 6.01. The molecule has 4 fully saturated rings. The maximum Gasteiger partial charge on any atom is 0.494 e. The molecule has 4 N–H and O–H groups in total. The molecule has 3 aromatic rings. The summed E-state index contributed by atoms with van der Waals surface area (Å²) in [4.78, 5) is 0. The molecule has 4 heterocycles. The molecule has 17 heteroatoms. The Kier molecular flexibility index (Phi) is 21.1. The van der Waals surface area contributed by atoms with Crippen molar-refractivity contribution in [2.45, 2.75) is 95.5 Å². The maximum atomic E-state index is 12.5. The first-order chi connectivity index (χ1) is 28.7. The summed E-state index contributed by atoms with van der Waals surface area (Å²) in [7, 11) is 2.84. The minimum atomic E-state index is -0.481. The lowest BCUT2D eigenvalue weighted by Gasteiger charge is -2.32. The van der Waals surface area contributed by atoms with E-state index < -0.39 is 12.9 Å². The van der Waals surface area contributed by atoms with Gasteiger partial charge in [-0.05, 0) is 122 Å². The highest BCUT2D eigenvalue weighted by Gasteiger charge is 2.51. The van der Waals surface area contributed by atoms with E-state index in [1.165, 1.54) is 19.7 Å². The van der Waals surface area contributed by atoms with Crippen molar-refractivity contribution in [3.8, 4) is 18.2 Å². The Bertz CT molecular complexity index is 1900. The molecular weight excluding hydrogens is 900 g/mol. The van der Waals surface area contributed by atoms with Gasteiger partial charge in [-0.15, -0.1) is 0 Å². The van der Waals surface area contributed by atoms with E-state index in [2.05, 4.69) is 63.8 Å². The molecule has 3 aromatic carbocycles. The first-order valence-electron chi connectivity index (χ1n) is 20.1. The van der Waals surface area contributed by atoms with Gasteiger partial charge >= 0.3 is 7.12 Å². The van der Waals surface area contributed by atoms with Crippen LogP contribution >= 0.6 is 41.0 Å². The van der Waals surface area contributed by atoms with Gasteiger partial charge in [-0.3, -0.25) is 0 Å². The Morgan fingerprint density at radius 2 is 1.10 bits per heavy atom. The van der Waals surface area contributed by atoms with Gasteiger partial charge in [0.05, 0.1) is 39.3 Å². The van der Waals surface area contributed by atoms with Crippen LogP contribution in [0.1, 0.15) is 82.9 Å². The molecule has 0 bridgehead atoms. The van der Waals surface area contributed by atoms with Gasteiger partial charge in [-0.1, -0.05) is 37.9 Å². The summed E-state index contributed by atoms with van der Waals surface area (Å²) < 4.78 is 48.1. The molecule has 1 atom stereocenters. The van der Waals surface area contributed by atoms with Crippen LogP contribution in [0, 0.1) is 39.8 Å².